The molecule has 5 heteroatoms. The van der Waals surface area contributed by atoms with Crippen LogP contribution in [-0.4, -0.2) is 28.4 Å². The number of piperazine rings is 1. The van der Waals surface area contributed by atoms with Crippen LogP contribution >= 0.6 is 0 Å². The lowest BCUT2D eigenvalue weighted by Gasteiger charge is -2.44. The predicted octanol–water partition coefficient (Wildman–Crippen LogP) is 1.80. The summed E-state index contributed by atoms with van der Waals surface area (Å²) in [7, 11) is 0. The zero-order valence-corrected chi connectivity index (χ0v) is 12.4. The zero-order chi connectivity index (χ0) is 14.9. The van der Waals surface area contributed by atoms with Crippen LogP contribution in [0.25, 0.3) is 0 Å². The molecule has 1 fully saturated rings. The summed E-state index contributed by atoms with van der Waals surface area (Å²) < 4.78 is 0. The van der Waals surface area contributed by atoms with Crippen molar-refractivity contribution >= 4 is 17.5 Å². The van der Waals surface area contributed by atoms with Gasteiger partial charge in [0.05, 0.1) is 11.9 Å². The van der Waals surface area contributed by atoms with Gasteiger partial charge in [-0.25, -0.2) is 0 Å². The molecule has 1 aliphatic heterocycles. The number of amides is 2. The Morgan fingerprint density at radius 3 is 2.50 bits per heavy atom. The van der Waals surface area contributed by atoms with Crippen molar-refractivity contribution in [2.24, 2.45) is 0 Å². The summed E-state index contributed by atoms with van der Waals surface area (Å²) in [5.41, 5.74) is 0.851. The summed E-state index contributed by atoms with van der Waals surface area (Å²) >= 11 is 0. The monoisotopic (exact) mass is 275 g/mol. The third kappa shape index (κ3) is 2.17. The Kier molecular flexibility index (Phi) is 3.79. The second-order valence-electron chi connectivity index (χ2n) is 5.35. The molecule has 2 heterocycles. The third-order valence-corrected chi connectivity index (χ3v) is 4.10. The van der Waals surface area contributed by atoms with Crippen LogP contribution in [0.15, 0.2) is 18.5 Å². The largest absolute Gasteiger partial charge is 0.340 e. The minimum atomic E-state index is -0.798. The van der Waals surface area contributed by atoms with E-state index in [-0.39, 0.29) is 11.8 Å². The average molecular weight is 275 g/mol. The van der Waals surface area contributed by atoms with E-state index < -0.39 is 11.6 Å². The van der Waals surface area contributed by atoms with E-state index in [2.05, 4.69) is 10.3 Å². The molecular formula is C15H21N3O2. The second-order valence-corrected chi connectivity index (χ2v) is 5.35. The number of hydrogen-bond acceptors (Lipinski definition) is 3. The van der Waals surface area contributed by atoms with Crippen LogP contribution < -0.4 is 10.2 Å². The van der Waals surface area contributed by atoms with E-state index in [0.717, 1.165) is 5.56 Å². The Labute approximate surface area is 119 Å². The Morgan fingerprint density at radius 1 is 1.30 bits per heavy atom. The normalized spacial score (nSPS) is 21.8. The predicted molar refractivity (Wildman–Crippen MR) is 77.4 cm³/mol. The molecule has 0 aliphatic carbocycles. The highest BCUT2D eigenvalue weighted by atomic mass is 16.2. The molecule has 0 saturated carbocycles. The van der Waals surface area contributed by atoms with Crippen molar-refractivity contribution in [2.45, 2.75) is 52.1 Å². The van der Waals surface area contributed by atoms with Crippen molar-refractivity contribution in [1.82, 2.24) is 10.3 Å². The highest BCUT2D eigenvalue weighted by Crippen LogP contribution is 2.29. The van der Waals surface area contributed by atoms with E-state index in [1.54, 1.807) is 24.2 Å². The van der Waals surface area contributed by atoms with E-state index >= 15 is 0 Å². The maximum Gasteiger partial charge on any atom is 0.253 e. The first-order chi connectivity index (χ1) is 9.45. The van der Waals surface area contributed by atoms with Gasteiger partial charge < -0.3 is 5.32 Å². The fourth-order valence-corrected chi connectivity index (χ4v) is 2.66. The van der Waals surface area contributed by atoms with Gasteiger partial charge in [0.15, 0.2) is 0 Å². The lowest BCUT2D eigenvalue weighted by atomic mass is 9.87. The quantitative estimate of drug-likeness (QED) is 0.915. The van der Waals surface area contributed by atoms with Gasteiger partial charge in [0.25, 0.3) is 5.91 Å². The number of nitrogens with one attached hydrogen (secondary N) is 1. The molecule has 20 heavy (non-hydrogen) atoms. The number of rotatable bonds is 3. The van der Waals surface area contributed by atoms with E-state index in [9.17, 15) is 9.59 Å². The molecule has 1 unspecified atom stereocenters. The highest BCUT2D eigenvalue weighted by Gasteiger charge is 2.47. The summed E-state index contributed by atoms with van der Waals surface area (Å²) in [4.78, 5) is 30.8. The molecule has 1 aliphatic rings. The molecular weight excluding hydrogens is 254 g/mol. The molecule has 2 rings (SSSR count). The SMILES string of the molecule is CCC1(CC)NC(=O)C(C)N(c2cncc(C)c2)C1=O. The molecule has 0 spiro atoms. The van der Waals surface area contributed by atoms with Crippen LogP contribution in [0.5, 0.6) is 0 Å². The lowest BCUT2D eigenvalue weighted by molar-refractivity contribution is -0.138. The van der Waals surface area contributed by atoms with Gasteiger partial charge in [-0.15, -0.1) is 0 Å². The van der Waals surface area contributed by atoms with Gasteiger partial charge in [0.2, 0.25) is 5.91 Å². The van der Waals surface area contributed by atoms with Crippen LogP contribution in [0.1, 0.15) is 39.2 Å². The molecule has 0 radical (unpaired) electrons. The van der Waals surface area contributed by atoms with Crippen LogP contribution in [0.2, 0.25) is 0 Å². The first-order valence-electron chi connectivity index (χ1n) is 7.02. The maximum atomic E-state index is 12.9. The van der Waals surface area contributed by atoms with Crippen LogP contribution in [0.3, 0.4) is 0 Å². The molecule has 1 saturated heterocycles. The molecule has 108 valence electrons. The first kappa shape index (κ1) is 14.5. The van der Waals surface area contributed by atoms with Crippen LogP contribution in [-0.2, 0) is 9.59 Å². The number of nitrogens with zero attached hydrogens (tertiary/aromatic N) is 2. The van der Waals surface area contributed by atoms with Gasteiger partial charge in [-0.1, -0.05) is 13.8 Å². The summed E-state index contributed by atoms with van der Waals surface area (Å²) in [5, 5.41) is 2.89. The van der Waals surface area contributed by atoms with Gasteiger partial charge in [-0.05, 0) is 38.3 Å². The fourth-order valence-electron chi connectivity index (χ4n) is 2.66. The standard InChI is InChI=1S/C15H21N3O2/c1-5-15(6-2)14(20)18(11(4)13(19)17-15)12-7-10(3)8-16-9-12/h7-9,11H,5-6H2,1-4H3,(H,17,19). The number of anilines is 1. The van der Waals surface area contributed by atoms with Crippen molar-refractivity contribution in [3.8, 4) is 0 Å². The van der Waals surface area contributed by atoms with Crippen LogP contribution in [0, 0.1) is 6.92 Å². The molecule has 1 atom stereocenters. The van der Waals surface area contributed by atoms with E-state index in [0.29, 0.717) is 18.5 Å². The van der Waals surface area contributed by atoms with Gasteiger partial charge in [0.1, 0.15) is 11.6 Å². The first-order valence-corrected chi connectivity index (χ1v) is 7.02. The van der Waals surface area contributed by atoms with Crippen molar-refractivity contribution in [1.29, 1.82) is 0 Å². The molecule has 0 bridgehead atoms. The van der Waals surface area contributed by atoms with Gasteiger partial charge in [-0.3, -0.25) is 19.5 Å². The number of aryl methyl sites for hydroxylation is 1. The molecule has 5 nitrogen and oxygen atoms in total. The minimum absolute atomic E-state index is 0.0537. The Morgan fingerprint density at radius 2 is 1.95 bits per heavy atom. The Balaban J connectivity index is 2.49. The number of hydrogen-bond donors (Lipinski definition) is 1. The number of aromatic nitrogens is 1. The summed E-state index contributed by atoms with van der Waals surface area (Å²) in [6.07, 6.45) is 4.53. The van der Waals surface area contributed by atoms with Crippen LogP contribution in [0.4, 0.5) is 5.69 Å². The van der Waals surface area contributed by atoms with E-state index in [1.807, 2.05) is 26.8 Å². The zero-order valence-electron chi connectivity index (χ0n) is 12.4. The molecule has 2 amide bonds. The van der Waals surface area contributed by atoms with Crippen molar-refractivity contribution in [3.05, 3.63) is 24.0 Å². The maximum absolute atomic E-state index is 12.9. The Hall–Kier alpha value is -1.91. The van der Waals surface area contributed by atoms with Gasteiger partial charge in [0, 0.05) is 6.20 Å². The average Bonchev–Trinajstić information content (AvgIpc) is 2.43. The van der Waals surface area contributed by atoms with Crippen molar-refractivity contribution in [2.75, 3.05) is 4.90 Å². The molecule has 1 N–H and O–H groups in total. The summed E-state index contributed by atoms with van der Waals surface area (Å²) in [5.74, 6) is -0.170. The minimum Gasteiger partial charge on any atom is -0.340 e. The third-order valence-electron chi connectivity index (χ3n) is 4.10. The van der Waals surface area contributed by atoms with Crippen molar-refractivity contribution in [3.63, 3.8) is 0 Å². The van der Waals surface area contributed by atoms with Gasteiger partial charge in [-0.2, -0.15) is 0 Å². The second kappa shape index (κ2) is 5.23. The highest BCUT2D eigenvalue weighted by molar-refractivity contribution is 6.10. The molecule has 1 aromatic rings. The summed E-state index contributed by atoms with van der Waals surface area (Å²) in [6, 6.07) is 1.37. The lowest BCUT2D eigenvalue weighted by Crippen LogP contribution is -2.69. The topological polar surface area (TPSA) is 62.3 Å². The van der Waals surface area contributed by atoms with E-state index in [1.165, 1.54) is 0 Å². The van der Waals surface area contributed by atoms with E-state index in [4.69, 9.17) is 0 Å². The number of pyridine rings is 1. The van der Waals surface area contributed by atoms with Crippen molar-refractivity contribution < 1.29 is 9.59 Å². The molecule has 1 aromatic heterocycles. The summed E-state index contributed by atoms with van der Waals surface area (Å²) in [6.45, 7) is 7.50. The number of carbonyl (C=O) groups excluding carboxylic acids is 2. The molecule has 0 aromatic carbocycles. The number of carbonyl (C=O) groups is 2. The smallest absolute Gasteiger partial charge is 0.253 e. The van der Waals surface area contributed by atoms with Gasteiger partial charge >= 0.3 is 0 Å². The fraction of sp³-hybridized carbons (Fsp3) is 0.533. The Bertz CT molecular complexity index is 538.